The Hall–Kier alpha value is -2.93. The number of amides is 1. The van der Waals surface area contributed by atoms with Crippen molar-refractivity contribution in [2.75, 3.05) is 19.6 Å². The summed E-state index contributed by atoms with van der Waals surface area (Å²) in [5, 5.41) is 10.2. The van der Waals surface area contributed by atoms with Gasteiger partial charge in [-0.25, -0.2) is 4.98 Å². The van der Waals surface area contributed by atoms with Crippen molar-refractivity contribution >= 4 is 5.91 Å². The molecule has 7 heteroatoms. The minimum absolute atomic E-state index is 0.189. The number of carbonyl (C=O) groups is 1. The van der Waals surface area contributed by atoms with E-state index in [2.05, 4.69) is 32.3 Å². The van der Waals surface area contributed by atoms with E-state index < -0.39 is 0 Å². The molecule has 3 aromatic rings. The third-order valence-electron chi connectivity index (χ3n) is 5.04. The van der Waals surface area contributed by atoms with E-state index in [1.54, 1.807) is 6.20 Å². The Morgan fingerprint density at radius 3 is 2.81 bits per heavy atom. The Balaban J connectivity index is 1.47. The molecule has 2 aromatic heterocycles. The van der Waals surface area contributed by atoms with E-state index in [1.165, 1.54) is 6.26 Å². The summed E-state index contributed by atoms with van der Waals surface area (Å²) < 4.78 is 5.58. The van der Waals surface area contributed by atoms with Crippen LogP contribution in [-0.4, -0.2) is 51.7 Å². The smallest absolute Gasteiger partial charge is 0.273 e. The number of oxazole rings is 1. The van der Waals surface area contributed by atoms with Gasteiger partial charge < -0.3 is 14.6 Å². The first-order chi connectivity index (χ1) is 13.2. The summed E-state index contributed by atoms with van der Waals surface area (Å²) in [5.74, 6) is 0.193. The van der Waals surface area contributed by atoms with Crippen LogP contribution >= 0.6 is 0 Å². The van der Waals surface area contributed by atoms with Crippen LogP contribution in [0.15, 0.2) is 47.2 Å². The summed E-state index contributed by atoms with van der Waals surface area (Å²) in [4.78, 5) is 19.3. The number of rotatable bonds is 5. The van der Waals surface area contributed by atoms with Crippen molar-refractivity contribution in [3.05, 3.63) is 48.5 Å². The maximum atomic E-state index is 12.5. The molecule has 1 aromatic carbocycles. The summed E-state index contributed by atoms with van der Waals surface area (Å²) in [6.45, 7) is 5.25. The number of carbonyl (C=O) groups excluding carboxylic acids is 1. The molecule has 140 valence electrons. The van der Waals surface area contributed by atoms with E-state index in [9.17, 15) is 4.79 Å². The van der Waals surface area contributed by atoms with Crippen LogP contribution in [0.1, 0.15) is 30.3 Å². The van der Waals surface area contributed by atoms with Crippen LogP contribution in [0.25, 0.3) is 22.7 Å². The van der Waals surface area contributed by atoms with Gasteiger partial charge in [0.15, 0.2) is 5.69 Å². The SMILES string of the molecule is CCN1CCC(NC(=O)c2coc(-c3cn[nH]c3-c3ccccc3)n2)CC1. The highest BCUT2D eigenvalue weighted by Crippen LogP contribution is 2.29. The van der Waals surface area contributed by atoms with Crippen LogP contribution in [0.5, 0.6) is 0 Å². The zero-order chi connectivity index (χ0) is 18.6. The Kier molecular flexibility index (Phi) is 5.02. The van der Waals surface area contributed by atoms with E-state index in [4.69, 9.17) is 4.42 Å². The third-order valence-corrected chi connectivity index (χ3v) is 5.04. The van der Waals surface area contributed by atoms with Gasteiger partial charge in [0.05, 0.1) is 17.5 Å². The number of hydrogen-bond acceptors (Lipinski definition) is 5. The molecule has 2 N–H and O–H groups in total. The van der Waals surface area contributed by atoms with Gasteiger partial charge in [0, 0.05) is 24.7 Å². The van der Waals surface area contributed by atoms with Crippen molar-refractivity contribution < 1.29 is 9.21 Å². The van der Waals surface area contributed by atoms with Gasteiger partial charge in [0.1, 0.15) is 6.26 Å². The molecular formula is C20H23N5O2. The molecule has 0 atom stereocenters. The van der Waals surface area contributed by atoms with Crippen molar-refractivity contribution in [2.24, 2.45) is 0 Å². The standard InChI is InChI=1S/C20H23N5O2/c1-2-25-10-8-15(9-11-25)22-19(26)17-13-27-20(23-17)16-12-21-24-18(16)14-6-4-3-5-7-14/h3-7,12-13,15H,2,8-11H2,1H3,(H,21,24)(H,22,26). The van der Waals surface area contributed by atoms with Gasteiger partial charge >= 0.3 is 0 Å². The fraction of sp³-hybridized carbons (Fsp3) is 0.350. The Morgan fingerprint density at radius 2 is 2.07 bits per heavy atom. The zero-order valence-electron chi connectivity index (χ0n) is 15.3. The Bertz CT molecular complexity index is 894. The summed E-state index contributed by atoms with van der Waals surface area (Å²) in [5.41, 5.74) is 2.83. The molecule has 4 rings (SSSR count). The lowest BCUT2D eigenvalue weighted by atomic mass is 10.1. The van der Waals surface area contributed by atoms with Crippen molar-refractivity contribution in [1.82, 2.24) is 25.4 Å². The molecule has 1 amide bonds. The molecule has 7 nitrogen and oxygen atoms in total. The van der Waals surface area contributed by atoms with Gasteiger partial charge in [-0.2, -0.15) is 5.10 Å². The van der Waals surface area contributed by atoms with Gasteiger partial charge in [0.25, 0.3) is 5.91 Å². The summed E-state index contributed by atoms with van der Waals surface area (Å²) >= 11 is 0. The van der Waals surface area contributed by atoms with E-state index in [0.717, 1.165) is 49.3 Å². The van der Waals surface area contributed by atoms with Crippen molar-refractivity contribution in [3.63, 3.8) is 0 Å². The molecular weight excluding hydrogens is 342 g/mol. The highest BCUT2D eigenvalue weighted by Gasteiger charge is 2.23. The van der Waals surface area contributed by atoms with Crippen LogP contribution in [-0.2, 0) is 0 Å². The Labute approximate surface area is 157 Å². The highest BCUT2D eigenvalue weighted by atomic mass is 16.3. The molecule has 3 heterocycles. The van der Waals surface area contributed by atoms with E-state index in [1.807, 2.05) is 30.3 Å². The quantitative estimate of drug-likeness (QED) is 0.726. The predicted octanol–water partition coefficient (Wildman–Crippen LogP) is 2.95. The summed E-state index contributed by atoms with van der Waals surface area (Å²) in [6.07, 6.45) is 5.00. The minimum Gasteiger partial charge on any atom is -0.443 e. The van der Waals surface area contributed by atoms with Crippen LogP contribution in [0.2, 0.25) is 0 Å². The summed E-state index contributed by atoms with van der Waals surface area (Å²) in [6, 6.07) is 10.0. The number of nitrogens with zero attached hydrogens (tertiary/aromatic N) is 3. The molecule has 0 spiro atoms. The van der Waals surface area contributed by atoms with E-state index in [-0.39, 0.29) is 11.9 Å². The molecule has 1 saturated heterocycles. The second-order valence-corrected chi connectivity index (χ2v) is 6.74. The molecule has 1 aliphatic rings. The minimum atomic E-state index is -0.190. The molecule has 1 fully saturated rings. The largest absolute Gasteiger partial charge is 0.443 e. The first kappa shape index (κ1) is 17.5. The van der Waals surface area contributed by atoms with Crippen molar-refractivity contribution in [1.29, 1.82) is 0 Å². The highest BCUT2D eigenvalue weighted by molar-refractivity contribution is 5.93. The number of hydrogen-bond donors (Lipinski definition) is 2. The molecule has 0 bridgehead atoms. The van der Waals surface area contributed by atoms with Gasteiger partial charge in [-0.3, -0.25) is 9.89 Å². The number of benzene rings is 1. The molecule has 1 aliphatic heterocycles. The fourth-order valence-electron chi connectivity index (χ4n) is 3.43. The van der Waals surface area contributed by atoms with Crippen LogP contribution in [0, 0.1) is 0 Å². The molecule has 0 radical (unpaired) electrons. The number of likely N-dealkylation sites (tertiary alicyclic amines) is 1. The third kappa shape index (κ3) is 3.78. The van der Waals surface area contributed by atoms with E-state index in [0.29, 0.717) is 11.6 Å². The lowest BCUT2D eigenvalue weighted by molar-refractivity contribution is 0.0907. The van der Waals surface area contributed by atoms with Crippen molar-refractivity contribution in [2.45, 2.75) is 25.8 Å². The average Bonchev–Trinajstić information content (AvgIpc) is 3.38. The van der Waals surface area contributed by atoms with Gasteiger partial charge in [-0.05, 0) is 19.4 Å². The lowest BCUT2D eigenvalue weighted by Gasteiger charge is -2.31. The first-order valence-electron chi connectivity index (χ1n) is 9.32. The number of aromatic nitrogens is 3. The molecule has 0 aliphatic carbocycles. The number of piperidine rings is 1. The number of nitrogens with one attached hydrogen (secondary N) is 2. The first-order valence-corrected chi connectivity index (χ1v) is 9.32. The maximum absolute atomic E-state index is 12.5. The van der Waals surface area contributed by atoms with Crippen LogP contribution in [0.3, 0.4) is 0 Å². The molecule has 0 saturated carbocycles. The molecule has 27 heavy (non-hydrogen) atoms. The Morgan fingerprint density at radius 1 is 1.30 bits per heavy atom. The summed E-state index contributed by atoms with van der Waals surface area (Å²) in [7, 11) is 0. The maximum Gasteiger partial charge on any atom is 0.273 e. The average molecular weight is 365 g/mol. The number of aromatic amines is 1. The van der Waals surface area contributed by atoms with Crippen LogP contribution in [0.4, 0.5) is 0 Å². The topological polar surface area (TPSA) is 87.0 Å². The van der Waals surface area contributed by atoms with Crippen LogP contribution < -0.4 is 5.32 Å². The second kappa shape index (κ2) is 7.75. The van der Waals surface area contributed by atoms with Gasteiger partial charge in [-0.1, -0.05) is 37.3 Å². The van der Waals surface area contributed by atoms with Gasteiger partial charge in [0.2, 0.25) is 5.89 Å². The molecule has 0 unspecified atom stereocenters. The fourth-order valence-corrected chi connectivity index (χ4v) is 3.43. The lowest BCUT2D eigenvalue weighted by Crippen LogP contribution is -2.44. The monoisotopic (exact) mass is 365 g/mol. The zero-order valence-corrected chi connectivity index (χ0v) is 15.3. The predicted molar refractivity (Wildman–Crippen MR) is 102 cm³/mol. The number of H-pyrrole nitrogens is 1. The van der Waals surface area contributed by atoms with Crippen molar-refractivity contribution in [3.8, 4) is 22.7 Å². The second-order valence-electron chi connectivity index (χ2n) is 6.74. The van der Waals surface area contributed by atoms with Gasteiger partial charge in [-0.15, -0.1) is 0 Å². The van der Waals surface area contributed by atoms with E-state index >= 15 is 0 Å². The normalized spacial score (nSPS) is 15.7.